The molecule has 6 heteroatoms. The summed E-state index contributed by atoms with van der Waals surface area (Å²) in [6.07, 6.45) is 1.20. The Kier molecular flexibility index (Phi) is 19.2. The van der Waals surface area contributed by atoms with Crippen LogP contribution < -0.4 is 10.6 Å². The van der Waals surface area contributed by atoms with Gasteiger partial charge in [-0.3, -0.25) is 0 Å². The molecule has 4 rings (SSSR count). The topological polar surface area (TPSA) is 53.9 Å². The molecule has 0 saturated carbocycles. The van der Waals surface area contributed by atoms with E-state index in [4.69, 9.17) is 14.6 Å². The zero-order valence-electron chi connectivity index (χ0n) is 24.8. The maximum atomic E-state index is 7.50. The van der Waals surface area contributed by atoms with Crippen LogP contribution >= 0.6 is 15.8 Å². The summed E-state index contributed by atoms with van der Waals surface area (Å²) in [6.45, 7) is 19.5. The molecule has 2 atom stereocenters. The molecule has 4 aromatic carbocycles. The van der Waals surface area contributed by atoms with Crippen LogP contribution in [0, 0.1) is 13.3 Å². The summed E-state index contributed by atoms with van der Waals surface area (Å²) >= 11 is 0. The van der Waals surface area contributed by atoms with E-state index in [1.165, 1.54) is 27.9 Å². The van der Waals surface area contributed by atoms with Crippen LogP contribution in [0.2, 0.25) is 0 Å². The van der Waals surface area contributed by atoms with Gasteiger partial charge in [0.25, 0.3) is 0 Å². The largest absolute Gasteiger partial charge is 0 e. The van der Waals surface area contributed by atoms with E-state index >= 15 is 0 Å². The van der Waals surface area contributed by atoms with Crippen molar-refractivity contribution in [2.24, 2.45) is 0 Å². The van der Waals surface area contributed by atoms with Gasteiger partial charge < -0.3 is 5.32 Å². The van der Waals surface area contributed by atoms with E-state index < -0.39 is 7.92 Å². The van der Waals surface area contributed by atoms with Crippen LogP contribution in [0.25, 0.3) is 5.32 Å². The van der Waals surface area contributed by atoms with Gasteiger partial charge in [0.15, 0.2) is 0 Å². The van der Waals surface area contributed by atoms with Gasteiger partial charge in [0.05, 0.1) is 0 Å². The smallest absolute Gasteiger partial charge is 0 e. The molecule has 0 amide bonds. The maximum Gasteiger partial charge on any atom is 0 e. The first-order chi connectivity index (χ1) is 20.1. The van der Waals surface area contributed by atoms with Crippen molar-refractivity contribution in [3.8, 4) is 0 Å². The molecule has 42 heavy (non-hydrogen) atoms. The van der Waals surface area contributed by atoms with Gasteiger partial charge >= 0.3 is 22.6 Å². The van der Waals surface area contributed by atoms with Crippen molar-refractivity contribution in [2.45, 2.75) is 50.7 Å². The van der Waals surface area contributed by atoms with Gasteiger partial charge in [-0.1, -0.05) is 167 Å². The van der Waals surface area contributed by atoms with Crippen molar-refractivity contribution >= 4 is 26.5 Å². The molecule has 219 valence electrons. The number of hydrogen-bond donors (Lipinski definition) is 0. The Hall–Kier alpha value is -2.30. The fourth-order valence-corrected chi connectivity index (χ4v) is 10.8. The molecule has 4 aromatic rings. The average molecular weight is 636 g/mol. The minimum Gasteiger partial charge on any atom is 0 e. The van der Waals surface area contributed by atoms with Crippen LogP contribution in [-0.2, 0) is 26.4 Å². The number of hydrogen-bond acceptors (Lipinski definition) is 0. The van der Waals surface area contributed by atoms with Gasteiger partial charge in [-0.25, -0.2) is 0 Å². The molecule has 0 unspecified atom stereocenters. The van der Waals surface area contributed by atoms with Crippen LogP contribution in [0.5, 0.6) is 0 Å². The molecule has 0 spiro atoms. The van der Waals surface area contributed by atoms with Crippen molar-refractivity contribution in [3.05, 3.63) is 151 Å². The summed E-state index contributed by atoms with van der Waals surface area (Å²) in [5, 5.41) is 8.39. The van der Waals surface area contributed by atoms with E-state index in [0.717, 1.165) is 17.9 Å². The Morgan fingerprint density at radius 2 is 0.929 bits per heavy atom. The van der Waals surface area contributed by atoms with Crippen molar-refractivity contribution in [3.63, 3.8) is 0 Å². The van der Waals surface area contributed by atoms with Crippen molar-refractivity contribution in [1.29, 1.82) is 0 Å². The second-order valence-corrected chi connectivity index (χ2v) is 16.0. The molecule has 0 aliphatic heterocycles. The first-order valence-corrected chi connectivity index (χ1v) is 17.0. The molecule has 1 radical (unpaired) electrons. The Morgan fingerprint density at radius 1 is 0.571 bits per heavy atom. The van der Waals surface area contributed by atoms with Crippen LogP contribution in [-0.4, -0.2) is 24.0 Å². The average Bonchev–Trinajstić information content (AvgIpc) is 3.03. The van der Waals surface area contributed by atoms with Gasteiger partial charge in [-0.2, -0.15) is 0 Å². The minimum absolute atomic E-state index is 0. The summed E-state index contributed by atoms with van der Waals surface area (Å²) in [5.74, 6) is 0. The summed E-state index contributed by atoms with van der Waals surface area (Å²) in [4.78, 5) is 0. The Bertz CT molecular complexity index is 1220. The van der Waals surface area contributed by atoms with Crippen molar-refractivity contribution in [2.75, 3.05) is 12.7 Å². The third kappa shape index (κ3) is 11.1. The summed E-state index contributed by atoms with van der Waals surface area (Å²) in [5.41, 5.74) is 4.39. The quantitative estimate of drug-likeness (QED) is 0.0645. The molecule has 3 nitrogen and oxygen atoms in total. The first kappa shape index (κ1) is 37.7. The molecule has 0 aliphatic carbocycles. The van der Waals surface area contributed by atoms with Crippen LogP contribution in [0.1, 0.15) is 50.5 Å². The second kappa shape index (κ2) is 21.4. The van der Waals surface area contributed by atoms with Crippen LogP contribution in [0.15, 0.2) is 121 Å². The predicted molar refractivity (Wildman–Crippen MR) is 176 cm³/mol. The summed E-state index contributed by atoms with van der Waals surface area (Å²) in [7, 11) is -0.742. The van der Waals surface area contributed by atoms with Gasteiger partial charge in [0.1, 0.15) is 0 Å². The predicted octanol–water partition coefficient (Wildman–Crippen LogP) is 9.20. The summed E-state index contributed by atoms with van der Waals surface area (Å²) < 4.78 is 15.0. The van der Waals surface area contributed by atoms with Gasteiger partial charge in [-0.05, 0) is 35.4 Å². The molecule has 0 heterocycles. The molecule has 0 fully saturated rings. The normalized spacial score (nSPS) is 11.9. The zero-order chi connectivity index (χ0) is 30.0. The second-order valence-electron chi connectivity index (χ2n) is 10.1. The van der Waals surface area contributed by atoms with Gasteiger partial charge in [-0.15, -0.1) is 14.5 Å². The fraction of sp³-hybridized carbons (Fsp3) is 0.278. The molecule has 0 N–H and O–H groups in total. The molecule has 0 aromatic heterocycles. The Balaban J connectivity index is 0.00000169. The SMILES string of the molecule is CC(C)P(CC[N-][C@@H](c1ccccc1)[C@H](c1ccccc1)P(c1ccccc1)c1ccccc1)C(C)C.[C-]#[O+].[C-]#[O+].[Mn]. The van der Waals surface area contributed by atoms with E-state index in [9.17, 15) is 0 Å². The minimum atomic E-state index is -0.699. The van der Waals surface area contributed by atoms with E-state index in [2.05, 4.69) is 162 Å². The summed E-state index contributed by atoms with van der Waals surface area (Å²) in [6, 6.07) is 44.5. The third-order valence-electron chi connectivity index (χ3n) is 6.94. The molecular formula is C36H40MnNO2P2-. The number of benzene rings is 4. The van der Waals surface area contributed by atoms with E-state index in [1.807, 2.05) is 0 Å². The Labute approximate surface area is 266 Å². The molecule has 0 bridgehead atoms. The van der Waals surface area contributed by atoms with E-state index in [-0.39, 0.29) is 36.7 Å². The van der Waals surface area contributed by atoms with Gasteiger partial charge in [0.2, 0.25) is 0 Å². The molecule has 0 saturated heterocycles. The first-order valence-electron chi connectivity index (χ1n) is 13.9. The van der Waals surface area contributed by atoms with Crippen LogP contribution in [0.3, 0.4) is 0 Å². The standard InChI is InChI=1S/C34H40NP2.2CO.Mn/c1-27(2)36(28(3)4)26-25-35-33(29-17-9-5-10-18-29)34(30-19-11-6-12-20-30)37(31-21-13-7-14-22-31)32-23-15-8-16-24-32;2*1-2;/h5-24,27-28,33-34H,25-26H2,1-4H3;;;/q-1;;;/t33-,34-;;;/m0.../s1. The van der Waals surface area contributed by atoms with Gasteiger partial charge in [0, 0.05) is 22.7 Å². The zero-order valence-corrected chi connectivity index (χ0v) is 27.8. The van der Waals surface area contributed by atoms with Crippen LogP contribution in [0.4, 0.5) is 0 Å². The molecular weight excluding hydrogens is 595 g/mol. The maximum absolute atomic E-state index is 7.50. The van der Waals surface area contributed by atoms with Crippen molar-refractivity contribution in [1.82, 2.24) is 0 Å². The van der Waals surface area contributed by atoms with E-state index in [1.54, 1.807) is 0 Å². The van der Waals surface area contributed by atoms with Crippen molar-refractivity contribution < 1.29 is 26.4 Å². The third-order valence-corrected chi connectivity index (χ3v) is 13.2. The fourth-order valence-electron chi connectivity index (χ4n) is 5.23. The number of rotatable bonds is 12. The monoisotopic (exact) mass is 635 g/mol. The Morgan fingerprint density at radius 3 is 1.31 bits per heavy atom. The number of nitrogens with zero attached hydrogens (tertiary/aromatic N) is 1. The molecule has 0 aliphatic rings. The van der Waals surface area contributed by atoms with E-state index in [0.29, 0.717) is 0 Å².